The number of rotatable bonds is 0. The lowest BCUT2D eigenvalue weighted by Gasteiger charge is -1.87. The molecule has 0 aromatic carbocycles. The molecule has 0 aliphatic carbocycles. The molecule has 0 fully saturated rings. The topological polar surface area (TPSA) is 26.0 Å². The Balaban J connectivity index is 0.000000336. The van der Waals surface area contributed by atoms with Gasteiger partial charge in [0.25, 0.3) is 0 Å². The fourth-order valence-electron chi connectivity index (χ4n) is 0.967. The van der Waals surface area contributed by atoms with Crippen LogP contribution in [0.3, 0.4) is 0 Å². The van der Waals surface area contributed by atoms with Crippen LogP contribution in [0.25, 0.3) is 10.9 Å². The zero-order valence-corrected chi connectivity index (χ0v) is 7.66. The summed E-state index contributed by atoms with van der Waals surface area (Å²) in [4.78, 5) is 4.15. The molecule has 2 aromatic heterocycles. The Morgan fingerprint density at radius 2 is 2.00 bits per heavy atom. The van der Waals surface area contributed by atoms with E-state index in [0.29, 0.717) is 0 Å². The van der Waals surface area contributed by atoms with Gasteiger partial charge < -0.3 is 4.42 Å². The van der Waals surface area contributed by atoms with Gasteiger partial charge in [-0.3, -0.25) is 4.98 Å². The maximum absolute atomic E-state index is 4.96. The molecule has 0 radical (unpaired) electrons. The van der Waals surface area contributed by atoms with Gasteiger partial charge in [-0.25, -0.2) is 0 Å². The highest BCUT2D eigenvalue weighted by Gasteiger charge is 1.94. The van der Waals surface area contributed by atoms with Crippen molar-refractivity contribution in [3.63, 3.8) is 0 Å². The monoisotopic (exact) mass is 163 g/mol. The van der Waals surface area contributed by atoms with Gasteiger partial charge in [-0.15, -0.1) is 0 Å². The largest absolute Gasteiger partial charge is 0.470 e. The zero-order chi connectivity index (χ0) is 8.97. The SMILES string of the molecule is CC.Cc1cnc2cocc2c1. The second kappa shape index (κ2) is 3.90. The van der Waals surface area contributed by atoms with Crippen molar-refractivity contribution < 1.29 is 4.42 Å². The number of furan rings is 1. The Morgan fingerprint density at radius 1 is 1.25 bits per heavy atom. The smallest absolute Gasteiger partial charge is 0.117 e. The molecule has 64 valence electrons. The minimum absolute atomic E-state index is 0.922. The molecule has 0 saturated heterocycles. The summed E-state index contributed by atoms with van der Waals surface area (Å²) in [5.74, 6) is 0. The molecule has 2 aromatic rings. The molecule has 0 unspecified atom stereocenters. The van der Waals surface area contributed by atoms with Crippen LogP contribution in [0, 0.1) is 6.92 Å². The molecule has 2 rings (SSSR count). The maximum atomic E-state index is 4.96. The number of fused-ring (bicyclic) bond motifs is 1. The molecule has 2 heteroatoms. The van der Waals surface area contributed by atoms with Crippen molar-refractivity contribution in [2.45, 2.75) is 20.8 Å². The van der Waals surface area contributed by atoms with Gasteiger partial charge in [-0.05, 0) is 18.6 Å². The Bertz CT molecular complexity index is 351. The van der Waals surface area contributed by atoms with Crippen LogP contribution in [-0.4, -0.2) is 4.98 Å². The summed E-state index contributed by atoms with van der Waals surface area (Å²) < 4.78 is 4.96. The van der Waals surface area contributed by atoms with Gasteiger partial charge in [0.05, 0.1) is 6.26 Å². The zero-order valence-electron chi connectivity index (χ0n) is 7.66. The van der Waals surface area contributed by atoms with Gasteiger partial charge >= 0.3 is 0 Å². The molecule has 2 nitrogen and oxygen atoms in total. The highest BCUT2D eigenvalue weighted by molar-refractivity contribution is 5.76. The summed E-state index contributed by atoms with van der Waals surface area (Å²) in [7, 11) is 0. The Kier molecular flexibility index (Phi) is 2.86. The van der Waals surface area contributed by atoms with Crippen LogP contribution in [-0.2, 0) is 0 Å². The van der Waals surface area contributed by atoms with Gasteiger partial charge in [0.2, 0.25) is 0 Å². The molecule has 0 N–H and O–H groups in total. The third kappa shape index (κ3) is 1.64. The molecule has 0 amide bonds. The lowest BCUT2D eigenvalue weighted by atomic mass is 10.2. The van der Waals surface area contributed by atoms with Crippen molar-refractivity contribution in [3.8, 4) is 0 Å². The predicted octanol–water partition coefficient (Wildman–Crippen LogP) is 3.16. The van der Waals surface area contributed by atoms with Crippen LogP contribution in [0.2, 0.25) is 0 Å². The van der Waals surface area contributed by atoms with E-state index < -0.39 is 0 Å². The predicted molar refractivity (Wildman–Crippen MR) is 50.1 cm³/mol. The van der Waals surface area contributed by atoms with E-state index in [4.69, 9.17) is 4.42 Å². The fourth-order valence-corrected chi connectivity index (χ4v) is 0.967. The number of hydrogen-bond acceptors (Lipinski definition) is 2. The quantitative estimate of drug-likeness (QED) is 0.596. The number of pyridine rings is 1. The van der Waals surface area contributed by atoms with Crippen LogP contribution in [0.1, 0.15) is 19.4 Å². The first kappa shape index (κ1) is 8.78. The third-order valence-corrected chi connectivity index (χ3v) is 1.46. The number of hydrogen-bond donors (Lipinski definition) is 0. The first-order chi connectivity index (χ1) is 5.86. The second-order valence-corrected chi connectivity index (χ2v) is 2.36. The summed E-state index contributed by atoms with van der Waals surface area (Å²) >= 11 is 0. The number of aryl methyl sites for hydroxylation is 1. The molecule has 0 bridgehead atoms. The molecule has 0 aliphatic rings. The van der Waals surface area contributed by atoms with E-state index in [9.17, 15) is 0 Å². The van der Waals surface area contributed by atoms with Crippen molar-refractivity contribution in [2.75, 3.05) is 0 Å². The van der Waals surface area contributed by atoms with Crippen molar-refractivity contribution >= 4 is 10.9 Å². The van der Waals surface area contributed by atoms with E-state index in [0.717, 1.165) is 16.5 Å². The third-order valence-electron chi connectivity index (χ3n) is 1.46. The first-order valence-electron chi connectivity index (χ1n) is 4.15. The van der Waals surface area contributed by atoms with Gasteiger partial charge in [0, 0.05) is 11.6 Å². The molecular formula is C10H13NO. The second-order valence-electron chi connectivity index (χ2n) is 2.36. The molecular weight excluding hydrogens is 150 g/mol. The van der Waals surface area contributed by atoms with Gasteiger partial charge in [-0.2, -0.15) is 0 Å². The van der Waals surface area contributed by atoms with Gasteiger partial charge in [0.15, 0.2) is 0 Å². The van der Waals surface area contributed by atoms with Gasteiger partial charge in [0.1, 0.15) is 11.8 Å². The summed E-state index contributed by atoms with van der Waals surface area (Å²) in [5.41, 5.74) is 2.08. The molecule has 0 atom stereocenters. The summed E-state index contributed by atoms with van der Waals surface area (Å²) in [5, 5.41) is 1.07. The highest BCUT2D eigenvalue weighted by Crippen LogP contribution is 2.12. The number of aromatic nitrogens is 1. The molecule has 0 saturated carbocycles. The molecule has 2 heterocycles. The van der Waals surface area contributed by atoms with Crippen LogP contribution >= 0.6 is 0 Å². The van der Waals surface area contributed by atoms with Crippen LogP contribution in [0.5, 0.6) is 0 Å². The van der Waals surface area contributed by atoms with Crippen LogP contribution in [0.15, 0.2) is 29.2 Å². The molecule has 12 heavy (non-hydrogen) atoms. The van der Waals surface area contributed by atoms with E-state index in [-0.39, 0.29) is 0 Å². The highest BCUT2D eigenvalue weighted by atomic mass is 16.3. The van der Waals surface area contributed by atoms with Crippen molar-refractivity contribution in [3.05, 3.63) is 30.4 Å². The van der Waals surface area contributed by atoms with E-state index in [1.165, 1.54) is 0 Å². The summed E-state index contributed by atoms with van der Waals surface area (Å²) in [6.07, 6.45) is 5.18. The maximum Gasteiger partial charge on any atom is 0.117 e. The normalized spacial score (nSPS) is 9.25. The van der Waals surface area contributed by atoms with E-state index >= 15 is 0 Å². The standard InChI is InChI=1S/C8H7NO.C2H6/c1-6-2-7-4-10-5-8(7)9-3-6;1-2/h2-5H,1H3;1-2H3. The lowest BCUT2D eigenvalue weighted by molar-refractivity contribution is 0.572. The summed E-state index contributed by atoms with van der Waals surface area (Å²) in [6, 6.07) is 2.05. The average molecular weight is 163 g/mol. The van der Waals surface area contributed by atoms with Crippen LogP contribution < -0.4 is 0 Å². The fraction of sp³-hybridized carbons (Fsp3) is 0.300. The minimum Gasteiger partial charge on any atom is -0.470 e. The molecule has 0 spiro atoms. The van der Waals surface area contributed by atoms with E-state index in [2.05, 4.69) is 4.98 Å². The van der Waals surface area contributed by atoms with Gasteiger partial charge in [-0.1, -0.05) is 13.8 Å². The van der Waals surface area contributed by atoms with Crippen LogP contribution in [0.4, 0.5) is 0 Å². The number of nitrogens with zero attached hydrogens (tertiary/aromatic N) is 1. The van der Waals surface area contributed by atoms with Crippen molar-refractivity contribution in [1.82, 2.24) is 4.98 Å². The average Bonchev–Trinajstić information content (AvgIpc) is 2.54. The Hall–Kier alpha value is -1.31. The summed E-state index contributed by atoms with van der Waals surface area (Å²) in [6.45, 7) is 6.01. The Labute approximate surface area is 72.2 Å². The van der Waals surface area contributed by atoms with Crippen molar-refractivity contribution in [2.24, 2.45) is 0 Å². The van der Waals surface area contributed by atoms with E-state index in [1.807, 2.05) is 33.0 Å². The minimum atomic E-state index is 0.922. The first-order valence-corrected chi connectivity index (χ1v) is 4.15. The van der Waals surface area contributed by atoms with E-state index in [1.54, 1.807) is 12.5 Å². The van der Waals surface area contributed by atoms with Crippen molar-refractivity contribution in [1.29, 1.82) is 0 Å². The lowest BCUT2D eigenvalue weighted by Crippen LogP contribution is -1.74. The Morgan fingerprint density at radius 3 is 2.75 bits per heavy atom. The molecule has 0 aliphatic heterocycles.